The van der Waals surface area contributed by atoms with Crippen molar-refractivity contribution >= 4 is 40.8 Å². The van der Waals surface area contributed by atoms with Gasteiger partial charge in [-0.25, -0.2) is 4.79 Å². The van der Waals surface area contributed by atoms with Gasteiger partial charge >= 0.3 is 6.03 Å². The number of hydrogen-bond donors (Lipinski definition) is 3. The summed E-state index contributed by atoms with van der Waals surface area (Å²) in [6.45, 7) is 0.486. The van der Waals surface area contributed by atoms with E-state index in [-0.39, 0.29) is 11.6 Å². The fourth-order valence-corrected chi connectivity index (χ4v) is 3.74. The Bertz CT molecular complexity index is 1240. The van der Waals surface area contributed by atoms with Gasteiger partial charge in [0, 0.05) is 28.5 Å². The molecule has 4 rings (SSSR count). The molecular weight excluding hydrogens is 440 g/mol. The summed E-state index contributed by atoms with van der Waals surface area (Å²) in [5.41, 5.74) is 8.90. The highest BCUT2D eigenvalue weighted by Crippen LogP contribution is 2.27. The predicted octanol–water partition coefficient (Wildman–Crippen LogP) is 4.55. The van der Waals surface area contributed by atoms with Gasteiger partial charge in [-0.1, -0.05) is 48.0 Å². The van der Waals surface area contributed by atoms with E-state index < -0.39 is 11.9 Å². The third-order valence-corrected chi connectivity index (χ3v) is 5.46. The standard InChI is InChI=1S/C25H21ClN4O3/c26-17-9-11-18(12-10-17)28-25(33)29-22-6-3-15-30(24(22)32)19-13-7-16(8-14-19)20-4-1-2-5-21(20)23(27)31/h1-2,4-14H,3,15H2,(H2,27,31)(H2,28,29,33). The average molecular weight is 461 g/mol. The number of nitrogens with zero attached hydrogens (tertiary/aromatic N) is 1. The molecule has 0 unspecified atom stereocenters. The molecule has 0 spiro atoms. The second-order valence-corrected chi connectivity index (χ2v) is 7.84. The van der Waals surface area contributed by atoms with Gasteiger partial charge in [0.2, 0.25) is 5.91 Å². The maximum absolute atomic E-state index is 13.0. The van der Waals surface area contributed by atoms with Gasteiger partial charge in [-0.3, -0.25) is 9.59 Å². The molecule has 0 saturated heterocycles. The lowest BCUT2D eigenvalue weighted by atomic mass is 9.99. The van der Waals surface area contributed by atoms with Crippen LogP contribution in [0.15, 0.2) is 84.6 Å². The Morgan fingerprint density at radius 3 is 2.30 bits per heavy atom. The summed E-state index contributed by atoms with van der Waals surface area (Å²) in [5.74, 6) is -0.809. The number of benzene rings is 3. The van der Waals surface area contributed by atoms with Gasteiger partial charge in [-0.2, -0.15) is 0 Å². The third-order valence-electron chi connectivity index (χ3n) is 5.21. The van der Waals surface area contributed by atoms with Gasteiger partial charge in [0.1, 0.15) is 5.70 Å². The average Bonchev–Trinajstić information content (AvgIpc) is 2.82. The van der Waals surface area contributed by atoms with Crippen LogP contribution in [0.1, 0.15) is 16.8 Å². The summed E-state index contributed by atoms with van der Waals surface area (Å²) < 4.78 is 0. The minimum Gasteiger partial charge on any atom is -0.366 e. The zero-order valence-electron chi connectivity index (χ0n) is 17.5. The van der Waals surface area contributed by atoms with E-state index in [9.17, 15) is 14.4 Å². The lowest BCUT2D eigenvalue weighted by Crippen LogP contribution is -2.42. The number of rotatable bonds is 5. The van der Waals surface area contributed by atoms with E-state index in [0.29, 0.717) is 34.9 Å². The van der Waals surface area contributed by atoms with Crippen LogP contribution in [-0.2, 0) is 4.79 Å². The van der Waals surface area contributed by atoms with Crippen LogP contribution >= 0.6 is 11.6 Å². The molecule has 1 aliphatic rings. The van der Waals surface area contributed by atoms with Crippen molar-refractivity contribution in [1.82, 2.24) is 5.32 Å². The fourth-order valence-electron chi connectivity index (χ4n) is 3.61. The smallest absolute Gasteiger partial charge is 0.323 e. The number of carbonyl (C=O) groups excluding carboxylic acids is 3. The van der Waals surface area contributed by atoms with Gasteiger partial charge in [0.15, 0.2) is 0 Å². The fraction of sp³-hybridized carbons (Fsp3) is 0.0800. The van der Waals surface area contributed by atoms with Gasteiger partial charge in [0.05, 0.1) is 0 Å². The van der Waals surface area contributed by atoms with Crippen molar-refractivity contribution in [2.45, 2.75) is 6.42 Å². The van der Waals surface area contributed by atoms with E-state index in [0.717, 1.165) is 11.1 Å². The van der Waals surface area contributed by atoms with E-state index in [1.54, 1.807) is 47.4 Å². The summed E-state index contributed by atoms with van der Waals surface area (Å²) in [5, 5.41) is 5.86. The predicted molar refractivity (Wildman–Crippen MR) is 129 cm³/mol. The van der Waals surface area contributed by atoms with E-state index >= 15 is 0 Å². The zero-order valence-corrected chi connectivity index (χ0v) is 18.3. The highest BCUT2D eigenvalue weighted by atomic mass is 35.5. The van der Waals surface area contributed by atoms with Crippen LogP contribution in [-0.4, -0.2) is 24.4 Å². The molecule has 1 heterocycles. The lowest BCUT2D eigenvalue weighted by Gasteiger charge is -2.27. The highest BCUT2D eigenvalue weighted by Gasteiger charge is 2.25. The molecule has 3 aromatic carbocycles. The molecule has 166 valence electrons. The minimum absolute atomic E-state index is 0.205. The molecule has 4 amide bonds. The summed E-state index contributed by atoms with van der Waals surface area (Å²) in [7, 11) is 0. The summed E-state index contributed by atoms with van der Waals surface area (Å²) >= 11 is 5.86. The van der Waals surface area contributed by atoms with Crippen LogP contribution < -0.4 is 21.3 Å². The first-order chi connectivity index (χ1) is 15.9. The summed E-state index contributed by atoms with van der Waals surface area (Å²) in [6, 6.07) is 20.5. The summed E-state index contributed by atoms with van der Waals surface area (Å²) in [4.78, 5) is 38.7. The second-order valence-electron chi connectivity index (χ2n) is 7.41. The van der Waals surface area contributed by atoms with Crippen LogP contribution in [0.25, 0.3) is 11.1 Å². The monoisotopic (exact) mass is 460 g/mol. The summed E-state index contributed by atoms with van der Waals surface area (Å²) in [6.07, 6.45) is 2.30. The van der Waals surface area contributed by atoms with Crippen molar-refractivity contribution < 1.29 is 14.4 Å². The molecule has 33 heavy (non-hydrogen) atoms. The number of carbonyl (C=O) groups is 3. The van der Waals surface area contributed by atoms with E-state index in [2.05, 4.69) is 10.6 Å². The van der Waals surface area contributed by atoms with Crippen molar-refractivity contribution in [3.63, 3.8) is 0 Å². The first kappa shape index (κ1) is 22.1. The van der Waals surface area contributed by atoms with Crippen molar-refractivity contribution in [2.24, 2.45) is 5.73 Å². The van der Waals surface area contributed by atoms with E-state index in [1.165, 1.54) is 0 Å². The van der Waals surface area contributed by atoms with Gasteiger partial charge in [0.25, 0.3) is 5.91 Å². The quantitative estimate of drug-likeness (QED) is 0.520. The molecule has 1 aliphatic heterocycles. The molecule has 4 N–H and O–H groups in total. The molecule has 0 fully saturated rings. The Morgan fingerprint density at radius 2 is 1.61 bits per heavy atom. The molecule has 0 aliphatic carbocycles. The third kappa shape index (κ3) is 5.05. The Balaban J connectivity index is 1.46. The van der Waals surface area contributed by atoms with E-state index in [1.807, 2.05) is 36.4 Å². The number of urea groups is 1. The van der Waals surface area contributed by atoms with Crippen LogP contribution in [0.5, 0.6) is 0 Å². The molecule has 0 atom stereocenters. The first-order valence-corrected chi connectivity index (χ1v) is 10.6. The molecule has 8 heteroatoms. The topological polar surface area (TPSA) is 105 Å². The highest BCUT2D eigenvalue weighted by molar-refractivity contribution is 6.30. The first-order valence-electron chi connectivity index (χ1n) is 10.3. The lowest BCUT2D eigenvalue weighted by molar-refractivity contribution is -0.115. The van der Waals surface area contributed by atoms with Gasteiger partial charge in [-0.05, 0) is 60.0 Å². The van der Waals surface area contributed by atoms with Gasteiger partial charge < -0.3 is 21.3 Å². The normalized spacial score (nSPS) is 13.3. The van der Waals surface area contributed by atoms with Crippen LogP contribution in [0, 0.1) is 0 Å². The zero-order chi connectivity index (χ0) is 23.4. The van der Waals surface area contributed by atoms with Crippen LogP contribution in [0.2, 0.25) is 5.02 Å². The Morgan fingerprint density at radius 1 is 0.909 bits per heavy atom. The minimum atomic E-state index is -0.517. The Hall–Kier alpha value is -4.10. The molecule has 0 radical (unpaired) electrons. The van der Waals surface area contributed by atoms with E-state index in [4.69, 9.17) is 17.3 Å². The molecule has 3 aromatic rings. The molecule has 7 nitrogen and oxygen atoms in total. The van der Waals surface area contributed by atoms with Gasteiger partial charge in [-0.15, -0.1) is 0 Å². The number of anilines is 2. The molecule has 0 saturated carbocycles. The maximum Gasteiger partial charge on any atom is 0.323 e. The number of nitrogens with one attached hydrogen (secondary N) is 2. The van der Waals surface area contributed by atoms with Crippen LogP contribution in [0.4, 0.5) is 16.2 Å². The number of halogens is 1. The molecule has 0 aromatic heterocycles. The van der Waals surface area contributed by atoms with Crippen molar-refractivity contribution in [2.75, 3.05) is 16.8 Å². The molecule has 0 bridgehead atoms. The number of amides is 4. The maximum atomic E-state index is 13.0. The Kier molecular flexibility index (Phi) is 6.42. The number of primary amides is 1. The van der Waals surface area contributed by atoms with Crippen molar-refractivity contribution in [3.8, 4) is 11.1 Å². The number of hydrogen-bond acceptors (Lipinski definition) is 3. The second kappa shape index (κ2) is 9.58. The largest absolute Gasteiger partial charge is 0.366 e. The SMILES string of the molecule is NC(=O)c1ccccc1-c1ccc(N2CCC=C(NC(=O)Nc3ccc(Cl)cc3)C2=O)cc1. The number of nitrogens with two attached hydrogens (primary N) is 1. The Labute approximate surface area is 195 Å². The molecular formula is C25H21ClN4O3. The van der Waals surface area contributed by atoms with Crippen molar-refractivity contribution in [1.29, 1.82) is 0 Å². The van der Waals surface area contributed by atoms with Crippen LogP contribution in [0.3, 0.4) is 0 Å². The van der Waals surface area contributed by atoms with Crippen molar-refractivity contribution in [3.05, 3.63) is 95.2 Å².